The summed E-state index contributed by atoms with van der Waals surface area (Å²) in [5.74, 6) is 0.775. The molecule has 0 fully saturated rings. The molecule has 2 aromatic carbocycles. The Bertz CT molecular complexity index is 849. The Morgan fingerprint density at radius 1 is 1.22 bits per heavy atom. The van der Waals surface area contributed by atoms with E-state index in [0.29, 0.717) is 30.2 Å². The maximum absolute atomic E-state index is 12.6. The molecule has 1 heterocycles. The summed E-state index contributed by atoms with van der Waals surface area (Å²) in [5.41, 5.74) is 1.83. The number of aryl methyl sites for hydroxylation is 1. The minimum absolute atomic E-state index is 0.0954. The van der Waals surface area contributed by atoms with Crippen LogP contribution in [0.15, 0.2) is 41.3 Å². The Morgan fingerprint density at radius 2 is 2.00 bits per heavy atom. The van der Waals surface area contributed by atoms with Crippen LogP contribution in [0.2, 0.25) is 0 Å². The van der Waals surface area contributed by atoms with Gasteiger partial charge in [-0.1, -0.05) is 0 Å². The van der Waals surface area contributed by atoms with E-state index in [4.69, 9.17) is 4.74 Å². The molecule has 2 aromatic rings. The van der Waals surface area contributed by atoms with Gasteiger partial charge in [0.05, 0.1) is 22.8 Å². The first kappa shape index (κ1) is 15.5. The fraction of sp³-hybridized carbons (Fsp3) is 0.250. The number of ether oxygens (including phenoxy) is 1. The lowest BCUT2D eigenvalue weighted by Crippen LogP contribution is -2.29. The topological polar surface area (TPSA) is 78.9 Å². The number of phenols is 1. The number of nitrogens with zero attached hydrogens (tertiary/aromatic N) is 1. The average Bonchev–Trinajstić information content (AvgIpc) is 2.50. The number of benzene rings is 2. The summed E-state index contributed by atoms with van der Waals surface area (Å²) in [4.78, 5) is 2.13. The van der Waals surface area contributed by atoms with Crippen LogP contribution in [0.5, 0.6) is 11.5 Å². The van der Waals surface area contributed by atoms with Gasteiger partial charge in [0.2, 0.25) is 0 Å². The van der Waals surface area contributed by atoms with E-state index in [1.54, 1.807) is 19.1 Å². The molecule has 0 aliphatic carbocycles. The Kier molecular flexibility index (Phi) is 3.81. The van der Waals surface area contributed by atoms with Crippen molar-refractivity contribution in [3.05, 3.63) is 42.0 Å². The number of hydrogen-bond donors (Lipinski definition) is 2. The molecule has 1 aliphatic rings. The molecular formula is C16H18N2O4S. The van der Waals surface area contributed by atoms with Crippen molar-refractivity contribution in [3.8, 4) is 11.5 Å². The molecule has 0 unspecified atom stereocenters. The Morgan fingerprint density at radius 3 is 2.74 bits per heavy atom. The van der Waals surface area contributed by atoms with Gasteiger partial charge in [-0.25, -0.2) is 8.42 Å². The first-order chi connectivity index (χ1) is 10.9. The zero-order chi connectivity index (χ0) is 16.6. The summed E-state index contributed by atoms with van der Waals surface area (Å²) in [6.07, 6.45) is 0. The van der Waals surface area contributed by atoms with Crippen LogP contribution in [-0.4, -0.2) is 33.7 Å². The second kappa shape index (κ2) is 5.66. The number of fused-ring (bicyclic) bond motifs is 1. The molecule has 0 aromatic heterocycles. The largest absolute Gasteiger partial charge is 0.508 e. The Hall–Kier alpha value is -2.41. The molecule has 0 amide bonds. The molecular weight excluding hydrogens is 316 g/mol. The molecule has 6 nitrogen and oxygen atoms in total. The van der Waals surface area contributed by atoms with Crippen molar-refractivity contribution in [1.82, 2.24) is 0 Å². The molecule has 0 radical (unpaired) electrons. The van der Waals surface area contributed by atoms with Crippen molar-refractivity contribution in [2.75, 3.05) is 29.8 Å². The average molecular weight is 334 g/mol. The molecule has 0 atom stereocenters. The number of aromatic hydroxyl groups is 1. The molecule has 2 N–H and O–H groups in total. The number of sulfonamides is 1. The molecule has 3 rings (SSSR count). The van der Waals surface area contributed by atoms with Gasteiger partial charge >= 0.3 is 0 Å². The van der Waals surface area contributed by atoms with Gasteiger partial charge in [-0.3, -0.25) is 4.72 Å². The van der Waals surface area contributed by atoms with E-state index in [0.717, 1.165) is 5.69 Å². The number of nitrogens with one attached hydrogen (secondary N) is 1. The van der Waals surface area contributed by atoms with Crippen LogP contribution in [0.3, 0.4) is 0 Å². The molecule has 7 heteroatoms. The van der Waals surface area contributed by atoms with Gasteiger partial charge in [-0.05, 0) is 48.9 Å². The highest BCUT2D eigenvalue weighted by molar-refractivity contribution is 7.92. The van der Waals surface area contributed by atoms with Crippen LogP contribution in [-0.2, 0) is 10.0 Å². The Labute approximate surface area is 135 Å². The summed E-state index contributed by atoms with van der Waals surface area (Å²) in [7, 11) is -1.82. The summed E-state index contributed by atoms with van der Waals surface area (Å²) in [5, 5.41) is 9.42. The van der Waals surface area contributed by atoms with Gasteiger partial charge in [0, 0.05) is 7.05 Å². The molecule has 0 bridgehead atoms. The third-order valence-electron chi connectivity index (χ3n) is 3.79. The van der Waals surface area contributed by atoms with Gasteiger partial charge in [0.1, 0.15) is 18.1 Å². The summed E-state index contributed by atoms with van der Waals surface area (Å²) in [6, 6.07) is 9.29. The third-order valence-corrected chi connectivity index (χ3v) is 5.15. The Balaban J connectivity index is 1.95. The lowest BCUT2D eigenvalue weighted by Gasteiger charge is -2.28. The number of likely N-dealkylation sites (N-methyl/N-ethyl adjacent to an activating group) is 1. The number of phenolic OH excluding ortho intramolecular Hbond substituents is 1. The van der Waals surface area contributed by atoms with Crippen LogP contribution in [0, 0.1) is 6.92 Å². The normalized spacial score (nSPS) is 14.1. The molecule has 23 heavy (non-hydrogen) atoms. The highest BCUT2D eigenvalue weighted by atomic mass is 32.2. The van der Waals surface area contributed by atoms with Crippen molar-refractivity contribution < 1.29 is 18.3 Å². The van der Waals surface area contributed by atoms with Crippen molar-refractivity contribution in [2.24, 2.45) is 0 Å². The first-order valence-corrected chi connectivity index (χ1v) is 8.65. The molecule has 0 spiro atoms. The molecule has 1 aliphatic heterocycles. The lowest BCUT2D eigenvalue weighted by atomic mass is 10.2. The number of rotatable bonds is 3. The van der Waals surface area contributed by atoms with Crippen molar-refractivity contribution in [3.63, 3.8) is 0 Å². The highest BCUT2D eigenvalue weighted by Gasteiger charge is 2.21. The van der Waals surface area contributed by atoms with Crippen molar-refractivity contribution in [2.45, 2.75) is 11.8 Å². The van der Waals surface area contributed by atoms with E-state index in [1.165, 1.54) is 24.3 Å². The predicted octanol–water partition coefficient (Wildman–Crippen LogP) is 2.33. The quantitative estimate of drug-likeness (QED) is 0.842. The van der Waals surface area contributed by atoms with Gasteiger partial charge in [-0.2, -0.15) is 0 Å². The minimum Gasteiger partial charge on any atom is -0.508 e. The van der Waals surface area contributed by atoms with Crippen LogP contribution in [0.1, 0.15) is 5.56 Å². The summed E-state index contributed by atoms with van der Waals surface area (Å²) >= 11 is 0. The smallest absolute Gasteiger partial charge is 0.261 e. The fourth-order valence-corrected chi connectivity index (χ4v) is 3.61. The zero-order valence-electron chi connectivity index (χ0n) is 12.9. The van der Waals surface area contributed by atoms with Gasteiger partial charge in [0.25, 0.3) is 10.0 Å². The van der Waals surface area contributed by atoms with E-state index in [9.17, 15) is 13.5 Å². The van der Waals surface area contributed by atoms with E-state index < -0.39 is 10.0 Å². The maximum Gasteiger partial charge on any atom is 0.261 e. The molecule has 122 valence electrons. The van der Waals surface area contributed by atoms with E-state index >= 15 is 0 Å². The monoisotopic (exact) mass is 334 g/mol. The maximum atomic E-state index is 12.6. The van der Waals surface area contributed by atoms with Crippen LogP contribution in [0.25, 0.3) is 0 Å². The number of anilines is 2. The standard InChI is InChI=1S/C16H18N2O4S/c1-11-9-12(19)3-5-14(11)17-23(20,21)13-4-6-16-15(10-13)18(2)7-8-22-16/h3-6,9-10,17,19H,7-8H2,1-2H3. The minimum atomic E-state index is -3.72. The summed E-state index contributed by atoms with van der Waals surface area (Å²) in [6.45, 7) is 3.02. The predicted molar refractivity (Wildman–Crippen MR) is 88.9 cm³/mol. The van der Waals surface area contributed by atoms with Crippen LogP contribution < -0.4 is 14.4 Å². The van der Waals surface area contributed by atoms with Gasteiger partial charge in [0.15, 0.2) is 0 Å². The van der Waals surface area contributed by atoms with Crippen LogP contribution >= 0.6 is 0 Å². The second-order valence-electron chi connectivity index (χ2n) is 5.50. The van der Waals surface area contributed by atoms with Crippen molar-refractivity contribution >= 4 is 21.4 Å². The SMILES string of the molecule is Cc1cc(O)ccc1NS(=O)(=O)c1ccc2c(c1)N(C)CCO2. The van der Waals surface area contributed by atoms with E-state index in [-0.39, 0.29) is 10.6 Å². The van der Waals surface area contributed by atoms with Crippen LogP contribution in [0.4, 0.5) is 11.4 Å². The van der Waals surface area contributed by atoms with Crippen molar-refractivity contribution in [1.29, 1.82) is 0 Å². The number of hydrogen-bond acceptors (Lipinski definition) is 5. The highest BCUT2D eigenvalue weighted by Crippen LogP contribution is 2.33. The third kappa shape index (κ3) is 3.05. The lowest BCUT2D eigenvalue weighted by molar-refractivity contribution is 0.311. The second-order valence-corrected chi connectivity index (χ2v) is 7.19. The van der Waals surface area contributed by atoms with E-state index in [1.807, 2.05) is 11.9 Å². The first-order valence-electron chi connectivity index (χ1n) is 7.17. The van der Waals surface area contributed by atoms with Gasteiger partial charge < -0.3 is 14.7 Å². The fourth-order valence-electron chi connectivity index (χ4n) is 2.46. The zero-order valence-corrected chi connectivity index (χ0v) is 13.7. The van der Waals surface area contributed by atoms with E-state index in [2.05, 4.69) is 4.72 Å². The molecule has 0 saturated heterocycles. The summed E-state index contributed by atoms with van der Waals surface area (Å²) < 4.78 is 33.3. The molecule has 0 saturated carbocycles. The van der Waals surface area contributed by atoms with Gasteiger partial charge in [-0.15, -0.1) is 0 Å².